The monoisotopic (exact) mass is 396 g/mol. The average Bonchev–Trinajstić information content (AvgIpc) is 3.35. The number of amides is 2. The van der Waals surface area contributed by atoms with Crippen molar-refractivity contribution in [2.45, 2.75) is 6.92 Å². The third-order valence-corrected chi connectivity index (χ3v) is 5.40. The lowest BCUT2D eigenvalue weighted by molar-refractivity contribution is 0.0848. The topological polar surface area (TPSA) is 102 Å². The van der Waals surface area contributed by atoms with Crippen LogP contribution < -0.4 is 10.9 Å². The summed E-state index contributed by atoms with van der Waals surface area (Å²) < 4.78 is 16.1. The zero-order chi connectivity index (χ0) is 19.7. The van der Waals surface area contributed by atoms with Crippen LogP contribution in [0.1, 0.15) is 25.6 Å². The molecule has 0 saturated heterocycles. The molecule has 10 heteroatoms. The molecule has 0 saturated carbocycles. The quantitative estimate of drug-likeness (QED) is 0.518. The number of hydrogen-bond acceptors (Lipinski definition) is 6. The lowest BCUT2D eigenvalue weighted by Gasteiger charge is -2.07. The summed E-state index contributed by atoms with van der Waals surface area (Å²) in [7, 11) is 0. The minimum Gasteiger partial charge on any atom is -0.267 e. The Morgan fingerprint density at radius 1 is 1.07 bits per heavy atom. The molecule has 2 aromatic carbocycles. The molecule has 8 nitrogen and oxygen atoms in total. The maximum Gasteiger partial charge on any atom is 0.280 e. The van der Waals surface area contributed by atoms with Crippen LogP contribution in [0.4, 0.5) is 4.39 Å². The molecule has 2 N–H and O–H groups in total. The number of aromatic nitrogens is 4. The van der Waals surface area contributed by atoms with E-state index in [1.165, 1.54) is 28.4 Å². The van der Waals surface area contributed by atoms with Crippen LogP contribution in [0.15, 0.2) is 48.8 Å². The number of carbonyl (C=O) groups excluding carboxylic acids is 2. The summed E-state index contributed by atoms with van der Waals surface area (Å²) in [5.41, 5.74) is 6.31. The van der Waals surface area contributed by atoms with Gasteiger partial charge in [0.1, 0.15) is 12.1 Å². The smallest absolute Gasteiger partial charge is 0.267 e. The number of fused-ring (bicyclic) bond motifs is 1. The average molecular weight is 396 g/mol. The molecular weight excluding hydrogens is 383 g/mol. The highest BCUT2D eigenvalue weighted by Gasteiger charge is 2.18. The van der Waals surface area contributed by atoms with Gasteiger partial charge in [0.25, 0.3) is 11.8 Å². The van der Waals surface area contributed by atoms with E-state index in [0.717, 1.165) is 0 Å². The van der Waals surface area contributed by atoms with Crippen LogP contribution in [0, 0.1) is 12.7 Å². The van der Waals surface area contributed by atoms with Gasteiger partial charge in [-0.3, -0.25) is 20.4 Å². The number of hydrazine groups is 1. The predicted octanol–water partition coefficient (Wildman–Crippen LogP) is 2.40. The minimum atomic E-state index is -0.503. The number of hydrogen-bond donors (Lipinski definition) is 2. The van der Waals surface area contributed by atoms with Crippen molar-refractivity contribution in [3.8, 4) is 5.69 Å². The van der Waals surface area contributed by atoms with E-state index in [9.17, 15) is 14.0 Å². The first-order chi connectivity index (χ1) is 13.5. The summed E-state index contributed by atoms with van der Waals surface area (Å²) >= 11 is 1.17. The normalized spacial score (nSPS) is 10.8. The third kappa shape index (κ3) is 3.21. The van der Waals surface area contributed by atoms with Crippen LogP contribution in [-0.2, 0) is 0 Å². The molecular formula is C18H13FN6O2S. The molecule has 2 heterocycles. The Bertz CT molecular complexity index is 1170. The van der Waals surface area contributed by atoms with Gasteiger partial charge >= 0.3 is 0 Å². The molecule has 0 fully saturated rings. The van der Waals surface area contributed by atoms with Gasteiger partial charge < -0.3 is 0 Å². The number of nitrogens with one attached hydrogen (secondary N) is 2. The number of benzene rings is 2. The van der Waals surface area contributed by atoms with E-state index < -0.39 is 11.8 Å². The second-order valence-electron chi connectivity index (χ2n) is 5.88. The Balaban J connectivity index is 1.45. The molecule has 0 aliphatic heterocycles. The molecule has 28 heavy (non-hydrogen) atoms. The molecule has 140 valence electrons. The molecule has 0 aliphatic rings. The van der Waals surface area contributed by atoms with Gasteiger partial charge in [-0.15, -0.1) is 16.4 Å². The van der Waals surface area contributed by atoms with Crippen molar-refractivity contribution in [3.05, 3.63) is 70.6 Å². The number of halogens is 1. The van der Waals surface area contributed by atoms with Crippen molar-refractivity contribution >= 4 is 33.2 Å². The van der Waals surface area contributed by atoms with Crippen molar-refractivity contribution in [2.24, 2.45) is 0 Å². The third-order valence-electron chi connectivity index (χ3n) is 4.14. The van der Waals surface area contributed by atoms with E-state index in [-0.39, 0.29) is 5.82 Å². The van der Waals surface area contributed by atoms with E-state index >= 15 is 0 Å². The van der Waals surface area contributed by atoms with Gasteiger partial charge in [-0.2, -0.15) is 0 Å². The zero-order valence-corrected chi connectivity index (χ0v) is 15.3. The van der Waals surface area contributed by atoms with Crippen LogP contribution in [0.25, 0.3) is 15.8 Å². The number of nitrogens with zero attached hydrogens (tertiary/aromatic N) is 4. The van der Waals surface area contributed by atoms with E-state index in [0.29, 0.717) is 31.8 Å². The van der Waals surface area contributed by atoms with E-state index in [1.54, 1.807) is 43.3 Å². The van der Waals surface area contributed by atoms with Crippen LogP contribution >= 0.6 is 11.3 Å². The largest absolute Gasteiger partial charge is 0.280 e. The first kappa shape index (κ1) is 17.7. The molecule has 4 rings (SSSR count). The van der Waals surface area contributed by atoms with Crippen molar-refractivity contribution in [2.75, 3.05) is 0 Å². The predicted molar refractivity (Wildman–Crippen MR) is 101 cm³/mol. The Kier molecular flexibility index (Phi) is 4.53. The fourth-order valence-corrected chi connectivity index (χ4v) is 3.88. The Hall–Kier alpha value is -3.66. The molecule has 0 aliphatic carbocycles. The second kappa shape index (κ2) is 7.16. The Labute approximate surface area is 162 Å². The van der Waals surface area contributed by atoms with Crippen LogP contribution in [0.3, 0.4) is 0 Å². The van der Waals surface area contributed by atoms with Gasteiger partial charge in [0.15, 0.2) is 0 Å². The van der Waals surface area contributed by atoms with Gasteiger partial charge in [0.05, 0.1) is 10.6 Å². The van der Waals surface area contributed by atoms with Crippen molar-refractivity contribution in [1.82, 2.24) is 31.1 Å². The Morgan fingerprint density at radius 2 is 1.82 bits per heavy atom. The number of aryl methyl sites for hydroxylation is 1. The molecule has 0 spiro atoms. The van der Waals surface area contributed by atoms with Crippen LogP contribution in [0.5, 0.6) is 0 Å². The molecule has 2 aromatic heterocycles. The maximum absolute atomic E-state index is 14.0. The minimum absolute atomic E-state index is 0.342. The molecule has 0 unspecified atom stereocenters. The highest BCUT2D eigenvalue weighted by atomic mass is 32.1. The fraction of sp³-hybridized carbons (Fsp3) is 0.0556. The molecule has 4 aromatic rings. The molecule has 2 amide bonds. The van der Waals surface area contributed by atoms with Crippen LogP contribution in [0.2, 0.25) is 0 Å². The van der Waals surface area contributed by atoms with Crippen molar-refractivity contribution in [3.63, 3.8) is 0 Å². The molecule has 0 radical (unpaired) electrons. The van der Waals surface area contributed by atoms with Gasteiger partial charge in [0, 0.05) is 15.6 Å². The summed E-state index contributed by atoms with van der Waals surface area (Å²) in [4.78, 5) is 25.0. The van der Waals surface area contributed by atoms with Crippen LogP contribution in [-0.4, -0.2) is 32.0 Å². The summed E-state index contributed by atoms with van der Waals surface area (Å²) in [6.07, 6.45) is 1.44. The summed E-state index contributed by atoms with van der Waals surface area (Å²) in [5, 5.41) is 11.3. The number of tetrazole rings is 1. The van der Waals surface area contributed by atoms with E-state index in [4.69, 9.17) is 0 Å². The first-order valence-corrected chi connectivity index (χ1v) is 8.98. The maximum atomic E-state index is 14.0. The first-order valence-electron chi connectivity index (χ1n) is 8.16. The summed E-state index contributed by atoms with van der Waals surface area (Å²) in [5.74, 6) is -1.37. The standard InChI is InChI=1S/C18H13FN6O2S/c1-10-15-13(19)3-2-4-14(15)28-16(10)18(27)22-21-17(26)11-5-7-12(8-6-11)25-9-20-23-24-25/h2-9H,1H3,(H,21,26)(H,22,27). The summed E-state index contributed by atoms with van der Waals surface area (Å²) in [6.45, 7) is 1.68. The van der Waals surface area contributed by atoms with E-state index in [2.05, 4.69) is 26.4 Å². The SMILES string of the molecule is Cc1c(C(=O)NNC(=O)c2ccc(-n3cnnn3)cc2)sc2cccc(F)c12. The highest BCUT2D eigenvalue weighted by molar-refractivity contribution is 7.21. The van der Waals surface area contributed by atoms with Crippen molar-refractivity contribution in [1.29, 1.82) is 0 Å². The number of thiophene rings is 1. The molecule has 0 atom stereocenters. The number of rotatable bonds is 3. The lowest BCUT2D eigenvalue weighted by Crippen LogP contribution is -2.41. The molecule has 0 bridgehead atoms. The Morgan fingerprint density at radius 3 is 2.50 bits per heavy atom. The lowest BCUT2D eigenvalue weighted by atomic mass is 10.1. The van der Waals surface area contributed by atoms with Gasteiger partial charge in [-0.05, 0) is 59.3 Å². The highest BCUT2D eigenvalue weighted by Crippen LogP contribution is 2.32. The zero-order valence-electron chi connectivity index (χ0n) is 14.5. The van der Waals surface area contributed by atoms with Gasteiger partial charge in [-0.1, -0.05) is 6.07 Å². The van der Waals surface area contributed by atoms with E-state index in [1.807, 2.05) is 0 Å². The summed E-state index contributed by atoms with van der Waals surface area (Å²) in [6, 6.07) is 11.2. The fourth-order valence-electron chi connectivity index (χ4n) is 2.76. The van der Waals surface area contributed by atoms with Crippen molar-refractivity contribution < 1.29 is 14.0 Å². The second-order valence-corrected chi connectivity index (χ2v) is 6.93. The number of carbonyl (C=O) groups is 2. The van der Waals surface area contributed by atoms with Gasteiger partial charge in [-0.25, -0.2) is 9.07 Å². The van der Waals surface area contributed by atoms with Gasteiger partial charge in [0.2, 0.25) is 0 Å².